The van der Waals surface area contributed by atoms with Crippen molar-refractivity contribution in [2.24, 2.45) is 5.92 Å². The number of benzene rings is 1. The number of carboxylic acid groups (broad SMARTS) is 1. The summed E-state index contributed by atoms with van der Waals surface area (Å²) < 4.78 is 11.2. The molecule has 0 aromatic heterocycles. The van der Waals surface area contributed by atoms with E-state index in [1.165, 1.54) is 19.3 Å². The largest absolute Gasteiger partial charge is 0.494 e. The second-order valence-corrected chi connectivity index (χ2v) is 6.69. The third-order valence-corrected chi connectivity index (χ3v) is 5.26. The second-order valence-electron chi connectivity index (χ2n) is 6.69. The Hall–Kier alpha value is -1.75. The molecule has 3 unspecified atom stereocenters. The molecular formula is C19H27NO4. The van der Waals surface area contributed by atoms with Crippen LogP contribution in [0.3, 0.4) is 0 Å². The van der Waals surface area contributed by atoms with Crippen molar-refractivity contribution in [1.29, 1.82) is 0 Å². The van der Waals surface area contributed by atoms with Crippen LogP contribution in [0.5, 0.6) is 11.5 Å². The molecule has 1 heterocycles. The summed E-state index contributed by atoms with van der Waals surface area (Å²) in [6.07, 6.45) is 5.54. The Labute approximate surface area is 143 Å². The molecule has 2 aliphatic rings. The highest BCUT2D eigenvalue weighted by Gasteiger charge is 2.44. The van der Waals surface area contributed by atoms with E-state index in [4.69, 9.17) is 9.47 Å². The molecule has 0 spiro atoms. The number of rotatable bonds is 7. The van der Waals surface area contributed by atoms with Crippen LogP contribution in [0.2, 0.25) is 0 Å². The van der Waals surface area contributed by atoms with E-state index < -0.39 is 5.97 Å². The fraction of sp³-hybridized carbons (Fsp3) is 0.632. The van der Waals surface area contributed by atoms with Gasteiger partial charge in [0.05, 0.1) is 6.61 Å². The van der Waals surface area contributed by atoms with Crippen LogP contribution in [0.25, 0.3) is 0 Å². The lowest BCUT2D eigenvalue weighted by atomic mass is 9.85. The fourth-order valence-corrected chi connectivity index (χ4v) is 4.18. The summed E-state index contributed by atoms with van der Waals surface area (Å²) >= 11 is 0. The van der Waals surface area contributed by atoms with Gasteiger partial charge in [-0.3, -0.25) is 9.69 Å². The molecule has 1 aliphatic heterocycles. The molecule has 24 heavy (non-hydrogen) atoms. The fourth-order valence-electron chi connectivity index (χ4n) is 4.18. The summed E-state index contributed by atoms with van der Waals surface area (Å²) in [5, 5.41) is 9.53. The van der Waals surface area contributed by atoms with Crippen molar-refractivity contribution in [3.8, 4) is 11.5 Å². The number of hydrogen-bond acceptors (Lipinski definition) is 4. The lowest BCUT2D eigenvalue weighted by molar-refractivity contribution is -0.142. The molecule has 1 saturated heterocycles. The van der Waals surface area contributed by atoms with Crippen LogP contribution in [0, 0.1) is 5.92 Å². The third-order valence-electron chi connectivity index (χ3n) is 5.26. The normalized spacial score (nSPS) is 26.8. The molecule has 1 aromatic carbocycles. The van der Waals surface area contributed by atoms with E-state index in [-0.39, 0.29) is 6.04 Å². The first kappa shape index (κ1) is 17.1. The van der Waals surface area contributed by atoms with E-state index in [1.807, 2.05) is 31.2 Å². The molecule has 0 radical (unpaired) electrons. The van der Waals surface area contributed by atoms with Crippen molar-refractivity contribution in [2.45, 2.75) is 51.1 Å². The number of hydrogen-bond donors (Lipinski definition) is 1. The van der Waals surface area contributed by atoms with Crippen molar-refractivity contribution >= 4 is 5.97 Å². The van der Waals surface area contributed by atoms with Gasteiger partial charge in [0.15, 0.2) is 0 Å². The average Bonchev–Trinajstić information content (AvgIpc) is 2.96. The van der Waals surface area contributed by atoms with Gasteiger partial charge >= 0.3 is 5.97 Å². The molecule has 3 atom stereocenters. The van der Waals surface area contributed by atoms with Crippen LogP contribution in [-0.2, 0) is 4.79 Å². The molecule has 132 valence electrons. The van der Waals surface area contributed by atoms with Gasteiger partial charge in [0.2, 0.25) is 0 Å². The Kier molecular flexibility index (Phi) is 5.61. The SMILES string of the molecule is CCOc1ccc(OCCN2C(C(=O)O)CC3CCCCC32)cc1. The zero-order valence-electron chi connectivity index (χ0n) is 14.3. The molecule has 1 aliphatic carbocycles. The Morgan fingerprint density at radius 2 is 1.83 bits per heavy atom. The summed E-state index contributed by atoms with van der Waals surface area (Å²) in [6.45, 7) is 3.79. The van der Waals surface area contributed by atoms with Crippen molar-refractivity contribution in [2.75, 3.05) is 19.8 Å². The highest BCUT2D eigenvalue weighted by molar-refractivity contribution is 5.74. The van der Waals surface area contributed by atoms with Crippen molar-refractivity contribution in [1.82, 2.24) is 4.90 Å². The van der Waals surface area contributed by atoms with E-state index in [0.717, 1.165) is 24.3 Å². The van der Waals surface area contributed by atoms with Gasteiger partial charge < -0.3 is 14.6 Å². The number of fused-ring (bicyclic) bond motifs is 1. The van der Waals surface area contributed by atoms with Gasteiger partial charge in [-0.05, 0) is 56.4 Å². The average molecular weight is 333 g/mol. The number of carboxylic acids is 1. The van der Waals surface area contributed by atoms with Gasteiger partial charge in [0.25, 0.3) is 0 Å². The van der Waals surface area contributed by atoms with E-state index in [0.29, 0.717) is 31.7 Å². The Morgan fingerprint density at radius 3 is 2.50 bits per heavy atom. The summed E-state index contributed by atoms with van der Waals surface area (Å²) in [6, 6.07) is 7.66. The topological polar surface area (TPSA) is 59.0 Å². The molecule has 5 nitrogen and oxygen atoms in total. The second kappa shape index (κ2) is 7.88. The number of carbonyl (C=O) groups is 1. The predicted octanol–water partition coefficient (Wildman–Crippen LogP) is 3.18. The van der Waals surface area contributed by atoms with Crippen LogP contribution in [0.4, 0.5) is 0 Å². The first-order chi connectivity index (χ1) is 11.7. The molecule has 1 N–H and O–H groups in total. The monoisotopic (exact) mass is 333 g/mol. The van der Waals surface area contributed by atoms with Crippen LogP contribution in [0.1, 0.15) is 39.0 Å². The van der Waals surface area contributed by atoms with E-state index in [2.05, 4.69) is 4.90 Å². The molecule has 1 aromatic rings. The zero-order valence-corrected chi connectivity index (χ0v) is 14.3. The summed E-state index contributed by atoms with van der Waals surface area (Å²) in [4.78, 5) is 13.8. The minimum absolute atomic E-state index is 0.345. The number of aliphatic carboxylic acids is 1. The van der Waals surface area contributed by atoms with Crippen molar-refractivity contribution in [3.63, 3.8) is 0 Å². The van der Waals surface area contributed by atoms with E-state index >= 15 is 0 Å². The van der Waals surface area contributed by atoms with Crippen LogP contribution < -0.4 is 9.47 Å². The minimum atomic E-state index is -0.689. The van der Waals surface area contributed by atoms with Gasteiger partial charge in [-0.1, -0.05) is 12.8 Å². The highest BCUT2D eigenvalue weighted by atomic mass is 16.5. The lowest BCUT2D eigenvalue weighted by Gasteiger charge is -2.32. The maximum atomic E-state index is 11.6. The molecule has 0 amide bonds. The number of likely N-dealkylation sites (tertiary alicyclic amines) is 1. The Morgan fingerprint density at radius 1 is 1.17 bits per heavy atom. The standard InChI is InChI=1S/C19H27NO4/c1-2-23-15-7-9-16(10-8-15)24-12-11-20-17-6-4-3-5-14(17)13-18(20)19(21)22/h7-10,14,17-18H,2-6,11-13H2,1H3,(H,21,22). The van der Waals surface area contributed by atoms with Crippen LogP contribution in [0.15, 0.2) is 24.3 Å². The van der Waals surface area contributed by atoms with Gasteiger partial charge in [0.1, 0.15) is 24.1 Å². The first-order valence-corrected chi connectivity index (χ1v) is 9.03. The first-order valence-electron chi connectivity index (χ1n) is 9.03. The van der Waals surface area contributed by atoms with Crippen molar-refractivity contribution < 1.29 is 19.4 Å². The molecule has 5 heteroatoms. The van der Waals surface area contributed by atoms with Gasteiger partial charge in [-0.25, -0.2) is 0 Å². The van der Waals surface area contributed by atoms with Gasteiger partial charge in [-0.15, -0.1) is 0 Å². The molecule has 2 fully saturated rings. The Bertz CT molecular complexity index is 545. The maximum Gasteiger partial charge on any atom is 0.320 e. The quantitative estimate of drug-likeness (QED) is 0.830. The number of nitrogens with zero attached hydrogens (tertiary/aromatic N) is 1. The molecule has 1 saturated carbocycles. The molecule has 0 bridgehead atoms. The van der Waals surface area contributed by atoms with Crippen LogP contribution in [-0.4, -0.2) is 47.8 Å². The summed E-state index contributed by atoms with van der Waals surface area (Å²) in [5.74, 6) is 1.49. The van der Waals surface area contributed by atoms with E-state index in [1.54, 1.807) is 0 Å². The molecular weight excluding hydrogens is 306 g/mol. The predicted molar refractivity (Wildman–Crippen MR) is 91.6 cm³/mol. The smallest absolute Gasteiger partial charge is 0.320 e. The highest BCUT2D eigenvalue weighted by Crippen LogP contribution is 2.39. The Balaban J connectivity index is 1.54. The maximum absolute atomic E-state index is 11.6. The van der Waals surface area contributed by atoms with Gasteiger partial charge in [-0.2, -0.15) is 0 Å². The summed E-state index contributed by atoms with van der Waals surface area (Å²) in [5.41, 5.74) is 0. The van der Waals surface area contributed by atoms with Crippen LogP contribution >= 0.6 is 0 Å². The zero-order chi connectivity index (χ0) is 16.9. The van der Waals surface area contributed by atoms with E-state index in [9.17, 15) is 9.90 Å². The van der Waals surface area contributed by atoms with Gasteiger partial charge in [0, 0.05) is 12.6 Å². The summed E-state index contributed by atoms with van der Waals surface area (Å²) in [7, 11) is 0. The lowest BCUT2D eigenvalue weighted by Crippen LogP contribution is -2.44. The third kappa shape index (κ3) is 3.83. The molecule has 3 rings (SSSR count). The van der Waals surface area contributed by atoms with Crippen molar-refractivity contribution in [3.05, 3.63) is 24.3 Å². The number of ether oxygens (including phenoxy) is 2. The minimum Gasteiger partial charge on any atom is -0.494 e.